The molecule has 24 heavy (non-hydrogen) atoms. The van der Waals surface area contributed by atoms with Crippen LogP contribution >= 0.6 is 0 Å². The molecule has 0 saturated heterocycles. The van der Waals surface area contributed by atoms with Crippen molar-refractivity contribution in [3.8, 4) is 22.3 Å². The van der Waals surface area contributed by atoms with Crippen molar-refractivity contribution in [3.63, 3.8) is 0 Å². The largest absolute Gasteiger partial charge is 0.399 e. The molecule has 122 valence electrons. The van der Waals surface area contributed by atoms with Gasteiger partial charge in [0.25, 0.3) is 0 Å². The molecule has 2 heteroatoms. The monoisotopic (exact) mass is 316 g/mol. The molecule has 0 bridgehead atoms. The van der Waals surface area contributed by atoms with Crippen LogP contribution in [0.1, 0.15) is 22.3 Å². The fraction of sp³-hybridized carbons (Fsp3) is 0.182. The van der Waals surface area contributed by atoms with Gasteiger partial charge >= 0.3 is 0 Å². The molecular formula is C22H24N2. The van der Waals surface area contributed by atoms with Gasteiger partial charge in [0.05, 0.1) is 0 Å². The summed E-state index contributed by atoms with van der Waals surface area (Å²) in [7, 11) is 0. The van der Waals surface area contributed by atoms with Crippen LogP contribution in [0.15, 0.2) is 48.5 Å². The van der Waals surface area contributed by atoms with E-state index in [0.717, 1.165) is 28.1 Å². The Morgan fingerprint density at radius 1 is 0.583 bits per heavy atom. The first-order chi connectivity index (χ1) is 11.4. The Labute approximate surface area is 144 Å². The summed E-state index contributed by atoms with van der Waals surface area (Å²) < 4.78 is 0. The Morgan fingerprint density at radius 3 is 1.96 bits per heavy atom. The van der Waals surface area contributed by atoms with Gasteiger partial charge in [0, 0.05) is 11.4 Å². The van der Waals surface area contributed by atoms with E-state index in [1.807, 2.05) is 30.3 Å². The molecule has 0 spiro atoms. The molecule has 0 atom stereocenters. The number of hydrogen-bond donors (Lipinski definition) is 2. The minimum Gasteiger partial charge on any atom is -0.399 e. The molecule has 0 radical (unpaired) electrons. The standard InChI is InChI=1S/C22H24N2/c1-13-8-22(16(4)15(3)14(13)2)19-9-18(11-21(24)12-19)17-6-5-7-20(23)10-17/h5-12H,23-24H2,1-4H3. The summed E-state index contributed by atoms with van der Waals surface area (Å²) in [6, 6.07) is 16.4. The van der Waals surface area contributed by atoms with Crippen LogP contribution in [0.3, 0.4) is 0 Å². The summed E-state index contributed by atoms with van der Waals surface area (Å²) in [5, 5.41) is 0. The van der Waals surface area contributed by atoms with Crippen LogP contribution in [0, 0.1) is 27.7 Å². The van der Waals surface area contributed by atoms with Crippen molar-refractivity contribution >= 4 is 11.4 Å². The van der Waals surface area contributed by atoms with Gasteiger partial charge in [0.1, 0.15) is 0 Å². The highest BCUT2D eigenvalue weighted by molar-refractivity contribution is 5.80. The quantitative estimate of drug-likeness (QED) is 0.620. The summed E-state index contributed by atoms with van der Waals surface area (Å²) >= 11 is 0. The van der Waals surface area contributed by atoms with Gasteiger partial charge in [-0.2, -0.15) is 0 Å². The van der Waals surface area contributed by atoms with E-state index in [0.29, 0.717) is 0 Å². The summed E-state index contributed by atoms with van der Waals surface area (Å²) in [5.41, 5.74) is 23.5. The Hall–Kier alpha value is -2.74. The van der Waals surface area contributed by atoms with Crippen LogP contribution in [0.2, 0.25) is 0 Å². The van der Waals surface area contributed by atoms with Crippen LogP contribution in [0.5, 0.6) is 0 Å². The third-order valence-electron chi connectivity index (χ3n) is 4.97. The van der Waals surface area contributed by atoms with Crippen LogP contribution in [-0.2, 0) is 0 Å². The van der Waals surface area contributed by atoms with Gasteiger partial charge in [0.2, 0.25) is 0 Å². The zero-order chi connectivity index (χ0) is 17.4. The lowest BCUT2D eigenvalue weighted by atomic mass is 9.89. The lowest BCUT2D eigenvalue weighted by Crippen LogP contribution is -1.96. The molecule has 3 aromatic rings. The Kier molecular flexibility index (Phi) is 4.06. The maximum Gasteiger partial charge on any atom is 0.0326 e. The van der Waals surface area contributed by atoms with Crippen molar-refractivity contribution in [3.05, 3.63) is 70.8 Å². The van der Waals surface area contributed by atoms with Crippen molar-refractivity contribution in [1.82, 2.24) is 0 Å². The predicted octanol–water partition coefficient (Wildman–Crippen LogP) is 5.42. The zero-order valence-electron chi connectivity index (χ0n) is 14.8. The summed E-state index contributed by atoms with van der Waals surface area (Å²) in [6.45, 7) is 8.71. The number of nitrogens with two attached hydrogens (primary N) is 2. The van der Waals surface area contributed by atoms with Crippen LogP contribution in [0.25, 0.3) is 22.3 Å². The molecule has 0 unspecified atom stereocenters. The molecule has 0 aliphatic carbocycles. The lowest BCUT2D eigenvalue weighted by molar-refractivity contribution is 1.22. The first-order valence-corrected chi connectivity index (χ1v) is 8.21. The smallest absolute Gasteiger partial charge is 0.0326 e. The molecule has 0 aromatic heterocycles. The van der Waals surface area contributed by atoms with Gasteiger partial charge in [-0.25, -0.2) is 0 Å². The minimum atomic E-state index is 0.759. The Morgan fingerprint density at radius 2 is 1.25 bits per heavy atom. The van der Waals surface area contributed by atoms with Gasteiger partial charge < -0.3 is 11.5 Å². The second kappa shape index (κ2) is 6.04. The van der Waals surface area contributed by atoms with E-state index in [-0.39, 0.29) is 0 Å². The second-order valence-corrected chi connectivity index (χ2v) is 6.59. The molecule has 0 aliphatic rings. The number of nitrogen functional groups attached to an aromatic ring is 2. The fourth-order valence-electron chi connectivity index (χ4n) is 3.20. The highest BCUT2D eigenvalue weighted by atomic mass is 14.5. The van der Waals surface area contributed by atoms with E-state index in [1.165, 1.54) is 27.8 Å². The number of anilines is 2. The SMILES string of the molecule is Cc1cc(-c2cc(N)cc(-c3cccc(N)c3)c2)c(C)c(C)c1C. The highest BCUT2D eigenvalue weighted by Gasteiger charge is 2.11. The molecule has 3 rings (SSSR count). The Bertz CT molecular complexity index is 923. The average molecular weight is 316 g/mol. The number of hydrogen-bond acceptors (Lipinski definition) is 2. The number of benzene rings is 3. The van der Waals surface area contributed by atoms with E-state index in [2.05, 4.69) is 45.9 Å². The van der Waals surface area contributed by atoms with Gasteiger partial charge in [-0.05, 0) is 103 Å². The molecule has 0 heterocycles. The first kappa shape index (κ1) is 16.1. The molecule has 0 fully saturated rings. The molecule has 3 aromatic carbocycles. The fourth-order valence-corrected chi connectivity index (χ4v) is 3.20. The summed E-state index contributed by atoms with van der Waals surface area (Å²) in [6.07, 6.45) is 0. The van der Waals surface area contributed by atoms with Gasteiger partial charge in [-0.3, -0.25) is 0 Å². The van der Waals surface area contributed by atoms with Crippen LogP contribution < -0.4 is 11.5 Å². The first-order valence-electron chi connectivity index (χ1n) is 8.21. The van der Waals surface area contributed by atoms with Crippen molar-refractivity contribution in [1.29, 1.82) is 0 Å². The topological polar surface area (TPSA) is 52.0 Å². The maximum absolute atomic E-state index is 6.20. The normalized spacial score (nSPS) is 10.8. The highest BCUT2D eigenvalue weighted by Crippen LogP contribution is 2.34. The van der Waals surface area contributed by atoms with Crippen molar-refractivity contribution in [2.24, 2.45) is 0 Å². The van der Waals surface area contributed by atoms with E-state index >= 15 is 0 Å². The van der Waals surface area contributed by atoms with E-state index in [9.17, 15) is 0 Å². The molecule has 4 N–H and O–H groups in total. The summed E-state index contributed by atoms with van der Waals surface area (Å²) in [5.74, 6) is 0. The molecule has 0 amide bonds. The molecular weight excluding hydrogens is 292 g/mol. The van der Waals surface area contributed by atoms with Gasteiger partial charge in [-0.1, -0.05) is 18.2 Å². The number of aryl methyl sites for hydroxylation is 1. The average Bonchev–Trinajstić information content (AvgIpc) is 2.55. The third-order valence-corrected chi connectivity index (χ3v) is 4.97. The van der Waals surface area contributed by atoms with Crippen LogP contribution in [-0.4, -0.2) is 0 Å². The lowest BCUT2D eigenvalue weighted by Gasteiger charge is -2.16. The van der Waals surface area contributed by atoms with Crippen molar-refractivity contribution in [2.75, 3.05) is 11.5 Å². The zero-order valence-corrected chi connectivity index (χ0v) is 14.8. The van der Waals surface area contributed by atoms with Crippen molar-refractivity contribution in [2.45, 2.75) is 27.7 Å². The van der Waals surface area contributed by atoms with Gasteiger partial charge in [0.15, 0.2) is 0 Å². The molecule has 0 aliphatic heterocycles. The van der Waals surface area contributed by atoms with E-state index < -0.39 is 0 Å². The van der Waals surface area contributed by atoms with E-state index in [1.54, 1.807) is 0 Å². The molecule has 2 nitrogen and oxygen atoms in total. The minimum absolute atomic E-state index is 0.759. The Balaban J connectivity index is 2.21. The molecule has 0 saturated carbocycles. The van der Waals surface area contributed by atoms with Crippen molar-refractivity contribution < 1.29 is 0 Å². The van der Waals surface area contributed by atoms with Gasteiger partial charge in [-0.15, -0.1) is 0 Å². The second-order valence-electron chi connectivity index (χ2n) is 6.59. The third kappa shape index (κ3) is 2.88. The predicted molar refractivity (Wildman–Crippen MR) is 105 cm³/mol. The number of rotatable bonds is 2. The van der Waals surface area contributed by atoms with E-state index in [4.69, 9.17) is 11.5 Å². The summed E-state index contributed by atoms with van der Waals surface area (Å²) in [4.78, 5) is 0. The van der Waals surface area contributed by atoms with Crippen LogP contribution in [0.4, 0.5) is 11.4 Å². The maximum atomic E-state index is 6.20.